The number of hydrogen-bond donors (Lipinski definition) is 2. The standard InChI is InChI=1S/C14H3Cl9O2/c15-5-2-1(7(17)9(19)10(20)12(2)24)6(16)4-3(5)8(18)11(21)13(22)14(4,23)25/h13,24-25H. The van der Waals surface area contributed by atoms with Crippen molar-refractivity contribution in [1.82, 2.24) is 0 Å². The quantitative estimate of drug-likeness (QED) is 0.272. The Hall–Kier alpha value is 0.810. The van der Waals surface area contributed by atoms with Crippen molar-refractivity contribution < 1.29 is 10.2 Å². The maximum atomic E-state index is 10.7. The smallest absolute Gasteiger partial charge is 0.188 e. The summed E-state index contributed by atoms with van der Waals surface area (Å²) in [5.41, 5.74) is -0.104. The maximum absolute atomic E-state index is 10.7. The Kier molecular flexibility index (Phi) is 5.51. The van der Waals surface area contributed by atoms with E-state index in [1.165, 1.54) is 0 Å². The molecular formula is C14H3Cl9O2. The fraction of sp³-hybridized carbons (Fsp3) is 0.143. The van der Waals surface area contributed by atoms with Gasteiger partial charge in [-0.05, 0) is 0 Å². The monoisotopic (exact) mass is 518 g/mol. The van der Waals surface area contributed by atoms with Crippen molar-refractivity contribution in [3.63, 3.8) is 0 Å². The molecule has 2 aromatic carbocycles. The summed E-state index contributed by atoms with van der Waals surface area (Å²) in [6.07, 6.45) is 0. The molecule has 0 heterocycles. The SMILES string of the molecule is Oc1c(Cl)c(Cl)c(Cl)c2c(Cl)c3c(c(Cl)c12)C(Cl)=C(Cl)C(Cl)C3(O)Cl. The molecule has 1 aliphatic carbocycles. The molecule has 1 aliphatic rings. The minimum atomic E-state index is -2.24. The lowest BCUT2D eigenvalue weighted by Gasteiger charge is -2.35. The lowest BCUT2D eigenvalue weighted by atomic mass is 9.90. The van der Waals surface area contributed by atoms with Crippen LogP contribution in [0.2, 0.25) is 25.1 Å². The Morgan fingerprint density at radius 2 is 1.32 bits per heavy atom. The first-order chi connectivity index (χ1) is 11.4. The molecule has 0 saturated heterocycles. The van der Waals surface area contributed by atoms with Gasteiger partial charge in [0.05, 0.1) is 30.2 Å². The summed E-state index contributed by atoms with van der Waals surface area (Å²) in [6, 6.07) is 0. The Morgan fingerprint density at radius 3 is 1.88 bits per heavy atom. The Bertz CT molecular complexity index is 981. The van der Waals surface area contributed by atoms with Gasteiger partial charge in [-0.25, -0.2) is 0 Å². The van der Waals surface area contributed by atoms with E-state index in [1.807, 2.05) is 0 Å². The summed E-state index contributed by atoms with van der Waals surface area (Å²) in [4.78, 5) is 0. The van der Waals surface area contributed by atoms with E-state index in [1.54, 1.807) is 0 Å². The number of aliphatic hydroxyl groups is 1. The number of phenols is 1. The summed E-state index contributed by atoms with van der Waals surface area (Å²) >= 11 is 55.6. The molecule has 2 atom stereocenters. The molecule has 2 unspecified atom stereocenters. The molecule has 2 nitrogen and oxygen atoms in total. The topological polar surface area (TPSA) is 40.5 Å². The molecule has 0 aliphatic heterocycles. The average Bonchev–Trinajstić information content (AvgIpc) is 2.55. The molecule has 25 heavy (non-hydrogen) atoms. The van der Waals surface area contributed by atoms with Gasteiger partial charge in [0.25, 0.3) is 0 Å². The minimum Gasteiger partial charge on any atom is -0.506 e. The Balaban J connectivity index is 2.69. The van der Waals surface area contributed by atoms with Gasteiger partial charge < -0.3 is 10.2 Å². The number of hydrogen-bond acceptors (Lipinski definition) is 2. The van der Waals surface area contributed by atoms with Crippen molar-refractivity contribution >= 4 is 120 Å². The van der Waals surface area contributed by atoms with E-state index < -0.39 is 16.2 Å². The van der Waals surface area contributed by atoms with Crippen LogP contribution in [0, 0.1) is 0 Å². The van der Waals surface area contributed by atoms with Crippen molar-refractivity contribution in [3.8, 4) is 5.75 Å². The molecule has 0 fully saturated rings. The Morgan fingerprint density at radius 1 is 0.760 bits per heavy atom. The predicted octanol–water partition coefficient (Wildman–Crippen LogP) is 7.96. The van der Waals surface area contributed by atoms with E-state index in [0.717, 1.165) is 0 Å². The van der Waals surface area contributed by atoms with Crippen molar-refractivity contribution in [3.05, 3.63) is 41.3 Å². The highest BCUT2D eigenvalue weighted by Gasteiger charge is 2.48. The van der Waals surface area contributed by atoms with E-state index in [0.29, 0.717) is 0 Å². The summed E-state index contributed by atoms with van der Waals surface area (Å²) in [6.45, 7) is 0. The molecular weight excluding hydrogens is 519 g/mol. The van der Waals surface area contributed by atoms with Crippen molar-refractivity contribution in [2.45, 2.75) is 10.4 Å². The van der Waals surface area contributed by atoms with E-state index in [4.69, 9.17) is 104 Å². The van der Waals surface area contributed by atoms with E-state index in [2.05, 4.69) is 0 Å². The van der Waals surface area contributed by atoms with Crippen LogP contribution in [-0.2, 0) is 5.06 Å². The third-order valence-electron chi connectivity index (χ3n) is 3.77. The molecule has 0 spiro atoms. The fourth-order valence-electron chi connectivity index (χ4n) is 2.60. The normalized spacial score (nSPS) is 23.4. The maximum Gasteiger partial charge on any atom is 0.188 e. The van der Waals surface area contributed by atoms with Crippen LogP contribution in [0.25, 0.3) is 15.8 Å². The second kappa shape index (κ2) is 6.70. The molecule has 11 heteroatoms. The minimum absolute atomic E-state index is 0.00462. The molecule has 0 bridgehead atoms. The lowest BCUT2D eigenvalue weighted by molar-refractivity contribution is 0.133. The van der Waals surface area contributed by atoms with Gasteiger partial charge in [-0.2, -0.15) is 0 Å². The fourth-order valence-corrected chi connectivity index (χ4v) is 5.43. The molecule has 0 radical (unpaired) electrons. The van der Waals surface area contributed by atoms with Crippen LogP contribution in [0.3, 0.4) is 0 Å². The predicted molar refractivity (Wildman–Crippen MR) is 109 cm³/mol. The molecule has 3 rings (SSSR count). The van der Waals surface area contributed by atoms with Crippen LogP contribution in [-0.4, -0.2) is 15.6 Å². The summed E-state index contributed by atoms with van der Waals surface area (Å²) in [7, 11) is 0. The molecule has 0 saturated carbocycles. The highest BCUT2D eigenvalue weighted by Crippen LogP contribution is 2.59. The van der Waals surface area contributed by atoms with Crippen LogP contribution in [0.1, 0.15) is 11.1 Å². The number of alkyl halides is 2. The van der Waals surface area contributed by atoms with Crippen LogP contribution in [0.4, 0.5) is 0 Å². The third kappa shape index (κ3) is 2.73. The second-order valence-corrected chi connectivity index (χ2v) is 8.80. The van der Waals surface area contributed by atoms with Crippen LogP contribution < -0.4 is 0 Å². The van der Waals surface area contributed by atoms with Gasteiger partial charge in [0.15, 0.2) is 5.06 Å². The zero-order valence-electron chi connectivity index (χ0n) is 11.4. The Labute approximate surface area is 186 Å². The van der Waals surface area contributed by atoms with E-state index >= 15 is 0 Å². The number of halogens is 9. The number of fused-ring (bicyclic) bond motifs is 2. The molecule has 0 amide bonds. The average molecular weight is 522 g/mol. The van der Waals surface area contributed by atoms with Gasteiger partial charge >= 0.3 is 0 Å². The van der Waals surface area contributed by atoms with Crippen molar-refractivity contribution in [2.24, 2.45) is 0 Å². The van der Waals surface area contributed by atoms with E-state index in [-0.39, 0.29) is 57.1 Å². The van der Waals surface area contributed by atoms with Gasteiger partial charge in [0, 0.05) is 21.9 Å². The highest BCUT2D eigenvalue weighted by molar-refractivity contribution is 6.61. The lowest BCUT2D eigenvalue weighted by Crippen LogP contribution is -2.35. The highest BCUT2D eigenvalue weighted by atomic mass is 35.5. The van der Waals surface area contributed by atoms with Crippen LogP contribution >= 0.6 is 104 Å². The number of rotatable bonds is 0. The van der Waals surface area contributed by atoms with E-state index in [9.17, 15) is 10.2 Å². The summed E-state index contributed by atoms with van der Waals surface area (Å²) in [5.74, 6) is -0.465. The number of phenolic OH excluding ortho intramolecular Hbond substituents is 1. The third-order valence-corrected chi connectivity index (χ3v) is 7.90. The van der Waals surface area contributed by atoms with Gasteiger partial charge in [-0.3, -0.25) is 0 Å². The van der Waals surface area contributed by atoms with Gasteiger partial charge in [0.1, 0.15) is 16.1 Å². The van der Waals surface area contributed by atoms with Crippen LogP contribution in [0.5, 0.6) is 5.75 Å². The zero-order chi connectivity index (χ0) is 19.0. The largest absolute Gasteiger partial charge is 0.506 e. The van der Waals surface area contributed by atoms with Crippen molar-refractivity contribution in [1.29, 1.82) is 0 Å². The first kappa shape index (κ1) is 20.5. The second-order valence-electron chi connectivity index (χ2n) is 5.12. The summed E-state index contributed by atoms with van der Waals surface area (Å²) in [5, 5.41) is 16.5. The molecule has 0 aromatic heterocycles. The first-order valence-corrected chi connectivity index (χ1v) is 9.71. The zero-order valence-corrected chi connectivity index (χ0v) is 18.2. The molecule has 2 N–H and O–H groups in total. The summed E-state index contributed by atoms with van der Waals surface area (Å²) < 4.78 is 0. The van der Waals surface area contributed by atoms with Crippen molar-refractivity contribution in [2.75, 3.05) is 0 Å². The van der Waals surface area contributed by atoms with Gasteiger partial charge in [-0.1, -0.05) is 92.8 Å². The molecule has 134 valence electrons. The van der Waals surface area contributed by atoms with Gasteiger partial charge in [0.2, 0.25) is 0 Å². The van der Waals surface area contributed by atoms with Crippen LogP contribution in [0.15, 0.2) is 5.03 Å². The number of aromatic hydroxyl groups is 1. The van der Waals surface area contributed by atoms with Gasteiger partial charge in [-0.15, -0.1) is 11.6 Å². The number of benzene rings is 2. The first-order valence-electron chi connectivity index (χ1n) is 6.25. The molecule has 2 aromatic rings.